The second kappa shape index (κ2) is 4.81. The van der Waals surface area contributed by atoms with Gasteiger partial charge in [-0.05, 0) is 43.3 Å². The first-order valence-corrected chi connectivity index (χ1v) is 6.32. The molecule has 0 aliphatic heterocycles. The minimum Gasteiger partial charge on any atom is -0.497 e. The molecule has 0 saturated carbocycles. The third kappa shape index (κ3) is 2.05. The Morgan fingerprint density at radius 3 is 2.55 bits per heavy atom. The highest BCUT2D eigenvalue weighted by atomic mass is 16.5. The number of fused-ring (bicyclic) bond motifs is 1. The molecule has 4 nitrogen and oxygen atoms in total. The van der Waals surface area contributed by atoms with E-state index < -0.39 is 0 Å². The van der Waals surface area contributed by atoms with Gasteiger partial charge in [-0.1, -0.05) is 11.6 Å². The summed E-state index contributed by atoms with van der Waals surface area (Å²) in [5.41, 5.74) is 1.71. The van der Waals surface area contributed by atoms with Crippen LogP contribution in [0.2, 0.25) is 0 Å². The summed E-state index contributed by atoms with van der Waals surface area (Å²) in [4.78, 5) is 12.5. The summed E-state index contributed by atoms with van der Waals surface area (Å²) in [6.07, 6.45) is 1.72. The summed E-state index contributed by atoms with van der Waals surface area (Å²) in [7, 11) is 1.61. The second-order valence-electron chi connectivity index (χ2n) is 4.65. The van der Waals surface area contributed by atoms with E-state index in [0.717, 1.165) is 22.4 Å². The lowest BCUT2D eigenvalue weighted by Crippen LogP contribution is -2.20. The Bertz CT molecular complexity index is 820. The Morgan fingerprint density at radius 2 is 1.85 bits per heavy atom. The molecular formula is C16H14N2O2. The average molecular weight is 266 g/mol. The number of methoxy groups -OCH3 is 1. The molecule has 0 saturated heterocycles. The van der Waals surface area contributed by atoms with Gasteiger partial charge in [-0.15, -0.1) is 0 Å². The molecule has 3 aromatic rings. The Labute approximate surface area is 116 Å². The number of benzene rings is 2. The predicted octanol–water partition coefficient (Wildman–Crippen LogP) is 2.70. The van der Waals surface area contributed by atoms with Crippen LogP contribution in [0.3, 0.4) is 0 Å². The topological polar surface area (TPSA) is 44.1 Å². The molecule has 0 bridgehead atoms. The van der Waals surface area contributed by atoms with Crippen LogP contribution >= 0.6 is 0 Å². The van der Waals surface area contributed by atoms with Crippen molar-refractivity contribution in [2.45, 2.75) is 6.92 Å². The summed E-state index contributed by atoms with van der Waals surface area (Å²) < 4.78 is 6.51. The zero-order valence-corrected chi connectivity index (χ0v) is 11.3. The Morgan fingerprint density at radius 1 is 1.10 bits per heavy atom. The van der Waals surface area contributed by atoms with Gasteiger partial charge in [0.25, 0.3) is 5.56 Å². The summed E-state index contributed by atoms with van der Waals surface area (Å²) in [6.45, 7) is 1.99. The molecule has 0 N–H and O–H groups in total. The van der Waals surface area contributed by atoms with Crippen molar-refractivity contribution in [3.05, 3.63) is 64.6 Å². The fourth-order valence-corrected chi connectivity index (χ4v) is 2.18. The summed E-state index contributed by atoms with van der Waals surface area (Å²) >= 11 is 0. The fourth-order valence-electron chi connectivity index (χ4n) is 2.18. The van der Waals surface area contributed by atoms with E-state index in [1.54, 1.807) is 13.3 Å². The SMILES string of the molecule is COc1ccc(-n2ncc3cc(C)ccc3c2=O)cc1. The molecule has 100 valence electrons. The Balaban J connectivity index is 2.18. The van der Waals surface area contributed by atoms with E-state index >= 15 is 0 Å². The van der Waals surface area contributed by atoms with Crippen molar-refractivity contribution < 1.29 is 4.74 Å². The van der Waals surface area contributed by atoms with E-state index in [1.165, 1.54) is 4.68 Å². The first-order chi connectivity index (χ1) is 9.69. The molecule has 0 radical (unpaired) electrons. The minimum absolute atomic E-state index is 0.118. The van der Waals surface area contributed by atoms with Gasteiger partial charge in [0, 0.05) is 5.39 Å². The van der Waals surface area contributed by atoms with Crippen molar-refractivity contribution in [1.29, 1.82) is 0 Å². The van der Waals surface area contributed by atoms with E-state index in [1.807, 2.05) is 49.4 Å². The third-order valence-electron chi connectivity index (χ3n) is 3.26. The largest absolute Gasteiger partial charge is 0.497 e. The van der Waals surface area contributed by atoms with Crippen molar-refractivity contribution in [2.24, 2.45) is 0 Å². The first-order valence-electron chi connectivity index (χ1n) is 6.32. The highest BCUT2D eigenvalue weighted by Crippen LogP contribution is 2.15. The lowest BCUT2D eigenvalue weighted by Gasteiger charge is -2.07. The molecule has 1 aromatic heterocycles. The van der Waals surface area contributed by atoms with Crippen LogP contribution in [0.1, 0.15) is 5.56 Å². The number of aryl methyl sites for hydroxylation is 1. The molecule has 0 aliphatic rings. The molecule has 3 rings (SSSR count). The fraction of sp³-hybridized carbons (Fsp3) is 0.125. The van der Waals surface area contributed by atoms with E-state index in [9.17, 15) is 4.79 Å². The van der Waals surface area contributed by atoms with Gasteiger partial charge in [-0.2, -0.15) is 9.78 Å². The summed E-state index contributed by atoms with van der Waals surface area (Å²) in [6, 6.07) is 13.0. The van der Waals surface area contributed by atoms with E-state index in [2.05, 4.69) is 5.10 Å². The van der Waals surface area contributed by atoms with Crippen molar-refractivity contribution in [3.63, 3.8) is 0 Å². The van der Waals surface area contributed by atoms with Crippen LogP contribution in [-0.4, -0.2) is 16.9 Å². The number of nitrogens with zero attached hydrogens (tertiary/aromatic N) is 2. The molecule has 1 heterocycles. The number of hydrogen-bond acceptors (Lipinski definition) is 3. The van der Waals surface area contributed by atoms with Crippen molar-refractivity contribution in [1.82, 2.24) is 9.78 Å². The van der Waals surface area contributed by atoms with Crippen LogP contribution in [0.5, 0.6) is 5.75 Å². The van der Waals surface area contributed by atoms with Crippen LogP contribution < -0.4 is 10.3 Å². The zero-order valence-electron chi connectivity index (χ0n) is 11.3. The van der Waals surface area contributed by atoms with Crippen molar-refractivity contribution in [2.75, 3.05) is 7.11 Å². The van der Waals surface area contributed by atoms with Crippen molar-refractivity contribution >= 4 is 10.8 Å². The van der Waals surface area contributed by atoms with Crippen LogP contribution in [0.25, 0.3) is 16.5 Å². The number of hydrogen-bond donors (Lipinski definition) is 0. The summed E-state index contributed by atoms with van der Waals surface area (Å²) in [5, 5.41) is 5.77. The van der Waals surface area contributed by atoms with Crippen molar-refractivity contribution in [3.8, 4) is 11.4 Å². The smallest absolute Gasteiger partial charge is 0.279 e. The highest BCUT2D eigenvalue weighted by Gasteiger charge is 2.06. The van der Waals surface area contributed by atoms with E-state index in [-0.39, 0.29) is 5.56 Å². The van der Waals surface area contributed by atoms with Gasteiger partial charge in [0.1, 0.15) is 5.75 Å². The van der Waals surface area contributed by atoms with Gasteiger partial charge in [0.15, 0.2) is 0 Å². The van der Waals surface area contributed by atoms with E-state index in [4.69, 9.17) is 4.74 Å². The molecule has 20 heavy (non-hydrogen) atoms. The van der Waals surface area contributed by atoms with Gasteiger partial charge in [0.05, 0.1) is 24.4 Å². The van der Waals surface area contributed by atoms with Crippen LogP contribution in [0.4, 0.5) is 0 Å². The minimum atomic E-state index is -0.118. The molecule has 0 atom stereocenters. The van der Waals surface area contributed by atoms with Gasteiger partial charge in [-0.25, -0.2) is 0 Å². The molecule has 0 amide bonds. The Hall–Kier alpha value is -2.62. The van der Waals surface area contributed by atoms with Crippen LogP contribution in [0, 0.1) is 6.92 Å². The number of ether oxygens (including phenoxy) is 1. The zero-order chi connectivity index (χ0) is 14.1. The number of rotatable bonds is 2. The highest BCUT2D eigenvalue weighted by molar-refractivity contribution is 5.81. The van der Waals surface area contributed by atoms with Gasteiger partial charge >= 0.3 is 0 Å². The molecule has 0 fully saturated rings. The molecule has 2 aromatic carbocycles. The lowest BCUT2D eigenvalue weighted by molar-refractivity contribution is 0.414. The second-order valence-corrected chi connectivity index (χ2v) is 4.65. The predicted molar refractivity (Wildman–Crippen MR) is 78.6 cm³/mol. The molecular weight excluding hydrogens is 252 g/mol. The maximum atomic E-state index is 12.5. The van der Waals surface area contributed by atoms with Crippen LogP contribution in [0.15, 0.2) is 53.5 Å². The van der Waals surface area contributed by atoms with Gasteiger partial charge in [-0.3, -0.25) is 4.79 Å². The normalized spacial score (nSPS) is 10.7. The van der Waals surface area contributed by atoms with Gasteiger partial charge < -0.3 is 4.74 Å². The maximum absolute atomic E-state index is 12.5. The standard InChI is InChI=1S/C16H14N2O2/c1-11-3-8-15-12(9-11)10-17-18(16(15)19)13-4-6-14(20-2)7-5-13/h3-10H,1-2H3. The molecule has 0 spiro atoms. The monoisotopic (exact) mass is 266 g/mol. The first kappa shape index (κ1) is 12.4. The maximum Gasteiger partial charge on any atom is 0.279 e. The molecule has 4 heteroatoms. The average Bonchev–Trinajstić information content (AvgIpc) is 2.48. The van der Waals surface area contributed by atoms with Gasteiger partial charge in [0.2, 0.25) is 0 Å². The lowest BCUT2D eigenvalue weighted by atomic mass is 10.1. The Kier molecular flexibility index (Phi) is 2.99. The summed E-state index contributed by atoms with van der Waals surface area (Å²) in [5.74, 6) is 0.748. The molecule has 0 aliphatic carbocycles. The third-order valence-corrected chi connectivity index (χ3v) is 3.26. The van der Waals surface area contributed by atoms with Crippen LogP contribution in [-0.2, 0) is 0 Å². The quantitative estimate of drug-likeness (QED) is 0.716. The molecule has 0 unspecified atom stereocenters. The van der Waals surface area contributed by atoms with E-state index in [0.29, 0.717) is 5.39 Å². The number of aromatic nitrogens is 2.